The monoisotopic (exact) mass is 193 g/mol. The molecule has 1 atom stereocenters. The first-order chi connectivity index (χ1) is 6.16. The number of benzene rings is 1. The van der Waals surface area contributed by atoms with Crippen LogP contribution in [0.4, 0.5) is 0 Å². The summed E-state index contributed by atoms with van der Waals surface area (Å²) < 4.78 is 0. The average Bonchev–Trinajstić information content (AvgIpc) is 2.46. The molecule has 1 aromatic carbocycles. The van der Waals surface area contributed by atoms with Gasteiger partial charge in [-0.25, -0.2) is 4.79 Å². The normalized spacial score (nSPS) is 10.5. The van der Waals surface area contributed by atoms with E-state index in [-0.39, 0.29) is 5.69 Å². The number of H-pyrrole nitrogens is 1. The number of aromatic amines is 1. The standard InChI is InChI=1S/C9H8NO2P/c11-9(12)8-3-5-1-2-6(13)4-7(5)10-8/h1-4,10H,13H2,(H,11,12). The van der Waals surface area contributed by atoms with Crippen LogP contribution in [0.3, 0.4) is 0 Å². The van der Waals surface area contributed by atoms with Gasteiger partial charge in [0.15, 0.2) is 0 Å². The smallest absolute Gasteiger partial charge is 0.352 e. The molecule has 1 unspecified atom stereocenters. The van der Waals surface area contributed by atoms with Gasteiger partial charge in [-0.3, -0.25) is 0 Å². The summed E-state index contributed by atoms with van der Waals surface area (Å²) >= 11 is 0. The van der Waals surface area contributed by atoms with Gasteiger partial charge in [-0.15, -0.1) is 9.24 Å². The number of carboxylic acid groups (broad SMARTS) is 1. The SMILES string of the molecule is O=C(O)c1cc2ccc(P)cc2[nH]1. The number of aromatic nitrogens is 1. The Hall–Kier alpha value is -1.34. The summed E-state index contributed by atoms with van der Waals surface area (Å²) in [5, 5.41) is 10.7. The first-order valence-electron chi connectivity index (χ1n) is 3.78. The predicted octanol–water partition coefficient (Wildman–Crippen LogP) is 1.37. The lowest BCUT2D eigenvalue weighted by atomic mass is 10.2. The summed E-state index contributed by atoms with van der Waals surface area (Å²) in [5.74, 6) is -0.929. The predicted molar refractivity (Wildman–Crippen MR) is 54.6 cm³/mol. The highest BCUT2D eigenvalue weighted by Crippen LogP contribution is 2.14. The van der Waals surface area contributed by atoms with Crippen molar-refractivity contribution in [3.05, 3.63) is 30.0 Å². The molecular formula is C9H8NO2P. The van der Waals surface area contributed by atoms with Crippen LogP contribution < -0.4 is 5.30 Å². The van der Waals surface area contributed by atoms with Gasteiger partial charge in [0.1, 0.15) is 5.69 Å². The molecule has 2 rings (SSSR count). The zero-order chi connectivity index (χ0) is 9.42. The number of hydrogen-bond acceptors (Lipinski definition) is 1. The lowest BCUT2D eigenvalue weighted by Gasteiger charge is -1.90. The van der Waals surface area contributed by atoms with Crippen molar-refractivity contribution in [2.45, 2.75) is 0 Å². The highest BCUT2D eigenvalue weighted by molar-refractivity contribution is 7.27. The van der Waals surface area contributed by atoms with Gasteiger partial charge in [0.2, 0.25) is 0 Å². The van der Waals surface area contributed by atoms with Gasteiger partial charge in [-0.1, -0.05) is 12.1 Å². The van der Waals surface area contributed by atoms with Gasteiger partial charge in [-0.2, -0.15) is 0 Å². The van der Waals surface area contributed by atoms with E-state index in [1.807, 2.05) is 18.2 Å². The van der Waals surface area contributed by atoms with E-state index >= 15 is 0 Å². The maximum absolute atomic E-state index is 10.6. The summed E-state index contributed by atoms with van der Waals surface area (Å²) in [5.41, 5.74) is 1.08. The van der Waals surface area contributed by atoms with Gasteiger partial charge >= 0.3 is 5.97 Å². The molecule has 0 spiro atoms. The Kier molecular flexibility index (Phi) is 1.82. The van der Waals surface area contributed by atoms with Crippen molar-refractivity contribution in [2.75, 3.05) is 0 Å². The van der Waals surface area contributed by atoms with Gasteiger partial charge in [-0.05, 0) is 17.4 Å². The molecule has 1 heterocycles. The molecule has 0 amide bonds. The summed E-state index contributed by atoms with van der Waals surface area (Å²) in [4.78, 5) is 13.4. The molecule has 3 nitrogen and oxygen atoms in total. The summed E-state index contributed by atoms with van der Waals surface area (Å²) in [6, 6.07) is 7.33. The minimum Gasteiger partial charge on any atom is -0.477 e. The minimum absolute atomic E-state index is 0.227. The molecule has 66 valence electrons. The Morgan fingerprint density at radius 2 is 2.15 bits per heavy atom. The Labute approximate surface area is 77.0 Å². The molecule has 1 aromatic heterocycles. The third-order valence-electron chi connectivity index (χ3n) is 1.88. The van der Waals surface area contributed by atoms with Crippen molar-refractivity contribution < 1.29 is 9.90 Å². The maximum atomic E-state index is 10.6. The molecule has 13 heavy (non-hydrogen) atoms. The van der Waals surface area contributed by atoms with E-state index in [9.17, 15) is 4.79 Å². The Balaban J connectivity index is 2.68. The van der Waals surface area contributed by atoms with Crippen molar-refractivity contribution in [3.8, 4) is 0 Å². The number of rotatable bonds is 1. The van der Waals surface area contributed by atoms with E-state index < -0.39 is 5.97 Å². The van der Waals surface area contributed by atoms with E-state index in [1.165, 1.54) is 0 Å². The molecule has 0 bridgehead atoms. The van der Waals surface area contributed by atoms with Crippen molar-refractivity contribution >= 4 is 31.4 Å². The molecule has 0 fully saturated rings. The fourth-order valence-electron chi connectivity index (χ4n) is 1.26. The number of carboxylic acids is 1. The van der Waals surface area contributed by atoms with Crippen LogP contribution in [0.1, 0.15) is 10.5 Å². The topological polar surface area (TPSA) is 53.1 Å². The maximum Gasteiger partial charge on any atom is 0.352 e. The number of fused-ring (bicyclic) bond motifs is 1. The molecule has 2 N–H and O–H groups in total. The average molecular weight is 193 g/mol. The third-order valence-corrected chi connectivity index (χ3v) is 2.24. The second-order valence-electron chi connectivity index (χ2n) is 2.83. The van der Waals surface area contributed by atoms with Crippen LogP contribution in [0.5, 0.6) is 0 Å². The molecule has 0 aliphatic carbocycles. The fraction of sp³-hybridized carbons (Fsp3) is 0. The van der Waals surface area contributed by atoms with E-state index in [0.29, 0.717) is 0 Å². The number of nitrogens with one attached hydrogen (secondary N) is 1. The van der Waals surface area contributed by atoms with E-state index in [1.54, 1.807) is 6.07 Å². The van der Waals surface area contributed by atoms with Crippen LogP contribution in [0.2, 0.25) is 0 Å². The lowest BCUT2D eigenvalue weighted by molar-refractivity contribution is 0.0691. The summed E-state index contributed by atoms with van der Waals surface area (Å²) in [6.07, 6.45) is 0. The molecule has 0 aliphatic heterocycles. The molecule has 2 aromatic rings. The van der Waals surface area contributed by atoms with Gasteiger partial charge in [0.25, 0.3) is 0 Å². The van der Waals surface area contributed by atoms with Crippen LogP contribution in [-0.2, 0) is 0 Å². The van der Waals surface area contributed by atoms with Crippen LogP contribution >= 0.6 is 9.24 Å². The molecule has 0 saturated carbocycles. The van der Waals surface area contributed by atoms with Crippen LogP contribution in [0.15, 0.2) is 24.3 Å². The quantitative estimate of drug-likeness (QED) is 0.672. The van der Waals surface area contributed by atoms with E-state index in [0.717, 1.165) is 16.2 Å². The zero-order valence-electron chi connectivity index (χ0n) is 6.74. The van der Waals surface area contributed by atoms with Crippen molar-refractivity contribution in [2.24, 2.45) is 0 Å². The second kappa shape index (κ2) is 2.86. The van der Waals surface area contributed by atoms with Crippen LogP contribution in [0.25, 0.3) is 10.9 Å². The summed E-state index contributed by atoms with van der Waals surface area (Å²) in [7, 11) is 2.57. The Morgan fingerprint density at radius 1 is 1.38 bits per heavy atom. The molecule has 0 radical (unpaired) electrons. The second-order valence-corrected chi connectivity index (χ2v) is 3.50. The molecule has 0 saturated heterocycles. The fourth-order valence-corrected chi connectivity index (χ4v) is 1.52. The van der Waals surface area contributed by atoms with Gasteiger partial charge < -0.3 is 10.1 Å². The van der Waals surface area contributed by atoms with Crippen molar-refractivity contribution in [3.63, 3.8) is 0 Å². The summed E-state index contributed by atoms with van der Waals surface area (Å²) in [6.45, 7) is 0. The zero-order valence-corrected chi connectivity index (χ0v) is 7.90. The largest absolute Gasteiger partial charge is 0.477 e. The van der Waals surface area contributed by atoms with E-state index in [4.69, 9.17) is 5.11 Å². The van der Waals surface area contributed by atoms with Gasteiger partial charge in [0, 0.05) is 10.9 Å². The van der Waals surface area contributed by atoms with Gasteiger partial charge in [0.05, 0.1) is 0 Å². The van der Waals surface area contributed by atoms with Crippen LogP contribution in [-0.4, -0.2) is 16.1 Å². The minimum atomic E-state index is -0.929. The Morgan fingerprint density at radius 3 is 2.85 bits per heavy atom. The van der Waals surface area contributed by atoms with Crippen molar-refractivity contribution in [1.29, 1.82) is 0 Å². The molecule has 0 aliphatic rings. The highest BCUT2D eigenvalue weighted by atomic mass is 31.0. The third kappa shape index (κ3) is 1.43. The highest BCUT2D eigenvalue weighted by Gasteiger charge is 2.06. The van der Waals surface area contributed by atoms with Crippen molar-refractivity contribution in [1.82, 2.24) is 4.98 Å². The molecule has 4 heteroatoms. The number of carbonyl (C=O) groups is 1. The lowest BCUT2D eigenvalue weighted by Crippen LogP contribution is -1.95. The number of aromatic carboxylic acids is 1. The first-order valence-corrected chi connectivity index (χ1v) is 4.36. The Bertz CT molecular complexity index is 475. The first kappa shape index (κ1) is 8.27. The molecular weight excluding hydrogens is 185 g/mol. The number of hydrogen-bond donors (Lipinski definition) is 2. The van der Waals surface area contributed by atoms with Crippen LogP contribution in [0, 0.1) is 0 Å². The van der Waals surface area contributed by atoms with E-state index in [2.05, 4.69) is 14.2 Å².